The second-order valence-corrected chi connectivity index (χ2v) is 5.92. The second-order valence-electron chi connectivity index (χ2n) is 5.92. The second kappa shape index (κ2) is 6.17. The Labute approximate surface area is 135 Å². The van der Waals surface area contributed by atoms with Gasteiger partial charge in [-0.05, 0) is 11.5 Å². The van der Waals surface area contributed by atoms with E-state index in [1.165, 1.54) is 0 Å². The Kier molecular flexibility index (Phi) is 4.07. The molecule has 5 nitrogen and oxygen atoms in total. The van der Waals surface area contributed by atoms with E-state index in [2.05, 4.69) is 30.1 Å². The van der Waals surface area contributed by atoms with Gasteiger partial charge in [0.2, 0.25) is 11.8 Å². The zero-order valence-electron chi connectivity index (χ0n) is 13.3. The summed E-state index contributed by atoms with van der Waals surface area (Å²) in [6.45, 7) is 4.29. The van der Waals surface area contributed by atoms with Crippen LogP contribution in [0.15, 0.2) is 41.8 Å². The Bertz CT molecular complexity index is 770. The maximum Gasteiger partial charge on any atom is 0.244 e. The topological polar surface area (TPSA) is 87.7 Å². The molecule has 1 aliphatic rings. The van der Waals surface area contributed by atoms with Gasteiger partial charge in [-0.1, -0.05) is 57.0 Å². The average Bonchev–Trinajstić information content (AvgIpc) is 2.97. The molecular formula is C18H20N4O. The number of nitriles is 1. The standard InChI is InChI=1S/C18H20N4O/c1-3-7-11(2)14-13(10-19)17(20)23-18-15(14)16(21-22-18)12-8-5-4-6-9-12/h4-6,8-9,11,14H,3,7,20H2,1-2H3,(H,21,22)/t11-,14-/m1/s1. The van der Waals surface area contributed by atoms with Crippen LogP contribution in [0.5, 0.6) is 5.88 Å². The van der Waals surface area contributed by atoms with Crippen molar-refractivity contribution in [3.8, 4) is 23.2 Å². The molecule has 5 heteroatoms. The Balaban J connectivity index is 2.16. The fraction of sp³-hybridized carbons (Fsp3) is 0.333. The minimum atomic E-state index is -0.0994. The fourth-order valence-corrected chi connectivity index (χ4v) is 3.30. The highest BCUT2D eigenvalue weighted by atomic mass is 16.5. The van der Waals surface area contributed by atoms with Crippen molar-refractivity contribution in [3.63, 3.8) is 0 Å². The molecule has 2 aromatic rings. The lowest BCUT2D eigenvalue weighted by Gasteiger charge is -2.28. The van der Waals surface area contributed by atoms with Gasteiger partial charge in [0.15, 0.2) is 0 Å². The molecule has 0 radical (unpaired) electrons. The van der Waals surface area contributed by atoms with E-state index in [0.717, 1.165) is 29.7 Å². The van der Waals surface area contributed by atoms with E-state index >= 15 is 0 Å². The van der Waals surface area contributed by atoms with Crippen molar-refractivity contribution >= 4 is 0 Å². The number of rotatable bonds is 4. The van der Waals surface area contributed by atoms with Crippen LogP contribution in [-0.2, 0) is 0 Å². The lowest BCUT2D eigenvalue weighted by molar-refractivity contribution is 0.349. The third kappa shape index (κ3) is 2.57. The Hall–Kier alpha value is -2.74. The zero-order chi connectivity index (χ0) is 16.4. The molecule has 2 atom stereocenters. The summed E-state index contributed by atoms with van der Waals surface area (Å²) in [6.07, 6.45) is 2.05. The van der Waals surface area contributed by atoms with Crippen molar-refractivity contribution < 1.29 is 4.74 Å². The van der Waals surface area contributed by atoms with Gasteiger partial charge in [0.1, 0.15) is 6.07 Å². The van der Waals surface area contributed by atoms with Crippen molar-refractivity contribution in [3.05, 3.63) is 47.4 Å². The van der Waals surface area contributed by atoms with Crippen LogP contribution in [-0.4, -0.2) is 10.2 Å². The molecule has 0 unspecified atom stereocenters. The summed E-state index contributed by atoms with van der Waals surface area (Å²) in [5.41, 5.74) is 9.31. The van der Waals surface area contributed by atoms with Crippen LogP contribution in [0.2, 0.25) is 0 Å². The summed E-state index contributed by atoms with van der Waals surface area (Å²) in [7, 11) is 0. The average molecular weight is 308 g/mol. The van der Waals surface area contributed by atoms with Crippen LogP contribution < -0.4 is 10.5 Å². The number of allylic oxidation sites excluding steroid dienone is 1. The van der Waals surface area contributed by atoms with Crippen LogP contribution in [0.3, 0.4) is 0 Å². The molecule has 1 aliphatic heterocycles. The number of hydrogen-bond donors (Lipinski definition) is 2. The summed E-state index contributed by atoms with van der Waals surface area (Å²) in [5, 5.41) is 16.9. The van der Waals surface area contributed by atoms with Gasteiger partial charge >= 0.3 is 0 Å². The number of hydrogen-bond acceptors (Lipinski definition) is 4. The summed E-state index contributed by atoms with van der Waals surface area (Å²) < 4.78 is 5.59. The van der Waals surface area contributed by atoms with Crippen molar-refractivity contribution in [2.45, 2.75) is 32.6 Å². The molecule has 23 heavy (non-hydrogen) atoms. The Morgan fingerprint density at radius 3 is 2.78 bits per heavy atom. The SMILES string of the molecule is CCC[C@@H](C)[C@@H]1C(C#N)=C(N)Oc2n[nH]c(-c3ccccc3)c21. The van der Waals surface area contributed by atoms with Crippen LogP contribution in [0, 0.1) is 17.2 Å². The van der Waals surface area contributed by atoms with Crippen LogP contribution >= 0.6 is 0 Å². The van der Waals surface area contributed by atoms with E-state index in [0.29, 0.717) is 11.5 Å². The van der Waals surface area contributed by atoms with E-state index < -0.39 is 0 Å². The number of nitrogens with two attached hydrogens (primary N) is 1. The van der Waals surface area contributed by atoms with Gasteiger partial charge in [-0.2, -0.15) is 5.26 Å². The minimum Gasteiger partial charge on any atom is -0.420 e. The molecule has 1 aromatic heterocycles. The van der Waals surface area contributed by atoms with Gasteiger partial charge in [0.05, 0.1) is 16.8 Å². The number of H-pyrrole nitrogens is 1. The summed E-state index contributed by atoms with van der Waals surface area (Å²) in [5.74, 6) is 0.820. The van der Waals surface area contributed by atoms with Gasteiger partial charge in [-0.15, -0.1) is 5.10 Å². The molecule has 0 aliphatic carbocycles. The van der Waals surface area contributed by atoms with Gasteiger partial charge in [0, 0.05) is 5.92 Å². The smallest absolute Gasteiger partial charge is 0.244 e. The van der Waals surface area contributed by atoms with Crippen molar-refractivity contribution in [2.75, 3.05) is 0 Å². The van der Waals surface area contributed by atoms with Crippen LogP contribution in [0.1, 0.15) is 38.2 Å². The number of ether oxygens (including phenoxy) is 1. The van der Waals surface area contributed by atoms with E-state index in [1.54, 1.807) is 0 Å². The molecule has 0 saturated heterocycles. The van der Waals surface area contributed by atoms with E-state index in [4.69, 9.17) is 10.5 Å². The molecule has 0 spiro atoms. The molecule has 0 fully saturated rings. The molecule has 0 saturated carbocycles. The molecule has 0 amide bonds. The zero-order valence-corrected chi connectivity index (χ0v) is 13.3. The van der Waals surface area contributed by atoms with Crippen LogP contribution in [0.4, 0.5) is 0 Å². The molecule has 3 rings (SSSR count). The predicted molar refractivity (Wildman–Crippen MR) is 88.3 cm³/mol. The summed E-state index contributed by atoms with van der Waals surface area (Å²) in [4.78, 5) is 0. The van der Waals surface area contributed by atoms with Crippen LogP contribution in [0.25, 0.3) is 11.3 Å². The lowest BCUT2D eigenvalue weighted by atomic mass is 9.78. The number of fused-ring (bicyclic) bond motifs is 1. The number of nitrogens with zero attached hydrogens (tertiary/aromatic N) is 2. The van der Waals surface area contributed by atoms with Crippen molar-refractivity contribution in [1.82, 2.24) is 10.2 Å². The van der Waals surface area contributed by atoms with E-state index in [-0.39, 0.29) is 17.7 Å². The van der Waals surface area contributed by atoms with Crippen molar-refractivity contribution in [1.29, 1.82) is 5.26 Å². The first-order chi connectivity index (χ1) is 11.2. The number of aromatic nitrogens is 2. The molecule has 1 aromatic carbocycles. The third-order valence-corrected chi connectivity index (χ3v) is 4.36. The molecular weight excluding hydrogens is 288 g/mol. The third-order valence-electron chi connectivity index (χ3n) is 4.36. The monoisotopic (exact) mass is 308 g/mol. The highest BCUT2D eigenvalue weighted by Crippen LogP contribution is 2.46. The minimum absolute atomic E-state index is 0.0994. The highest BCUT2D eigenvalue weighted by Gasteiger charge is 2.37. The number of nitrogens with one attached hydrogen (secondary N) is 1. The summed E-state index contributed by atoms with van der Waals surface area (Å²) in [6, 6.07) is 12.2. The normalized spacial score (nSPS) is 18.0. The lowest BCUT2D eigenvalue weighted by Crippen LogP contribution is -2.24. The van der Waals surface area contributed by atoms with Crippen molar-refractivity contribution in [2.24, 2.45) is 11.7 Å². The van der Waals surface area contributed by atoms with Gasteiger partial charge < -0.3 is 10.5 Å². The Morgan fingerprint density at radius 1 is 1.39 bits per heavy atom. The molecule has 2 heterocycles. The fourth-order valence-electron chi connectivity index (χ4n) is 3.30. The number of aromatic amines is 1. The van der Waals surface area contributed by atoms with Gasteiger partial charge in [0.25, 0.3) is 0 Å². The quantitative estimate of drug-likeness (QED) is 0.901. The number of benzene rings is 1. The van der Waals surface area contributed by atoms with E-state index in [1.807, 2.05) is 30.3 Å². The molecule has 118 valence electrons. The largest absolute Gasteiger partial charge is 0.420 e. The maximum absolute atomic E-state index is 9.58. The first kappa shape index (κ1) is 15.2. The molecule has 0 bridgehead atoms. The Morgan fingerprint density at radius 2 is 2.13 bits per heavy atom. The maximum atomic E-state index is 9.58. The highest BCUT2D eigenvalue weighted by molar-refractivity contribution is 5.69. The first-order valence-electron chi connectivity index (χ1n) is 7.88. The van der Waals surface area contributed by atoms with E-state index in [9.17, 15) is 5.26 Å². The first-order valence-corrected chi connectivity index (χ1v) is 7.88. The van der Waals surface area contributed by atoms with Gasteiger partial charge in [-0.25, -0.2) is 0 Å². The summed E-state index contributed by atoms with van der Waals surface area (Å²) >= 11 is 0. The predicted octanol–water partition coefficient (Wildman–Crippen LogP) is 3.68. The molecule has 3 N–H and O–H groups in total. The van der Waals surface area contributed by atoms with Gasteiger partial charge in [-0.3, -0.25) is 5.10 Å².